The maximum atomic E-state index is 11.9. The molecule has 1 rings (SSSR count). The zero-order valence-corrected chi connectivity index (χ0v) is 9.92. The number of rotatable bonds is 4. The summed E-state index contributed by atoms with van der Waals surface area (Å²) in [5.41, 5.74) is 0. The van der Waals surface area contributed by atoms with Gasteiger partial charge in [-0.1, -0.05) is 20.3 Å². The highest BCUT2D eigenvalue weighted by Crippen LogP contribution is 2.25. The van der Waals surface area contributed by atoms with E-state index >= 15 is 0 Å². The van der Waals surface area contributed by atoms with Crippen molar-refractivity contribution in [2.24, 2.45) is 11.8 Å². The Morgan fingerprint density at radius 3 is 2.43 bits per heavy atom. The quantitative estimate of drug-likeness (QED) is 0.678. The minimum atomic E-state index is 0.319. The fraction of sp³-hybridized carbons (Fsp3) is 0.917. The number of carbonyl (C=O) groups excluding carboxylic acids is 1. The molecule has 0 spiro atoms. The first-order valence-electron chi connectivity index (χ1n) is 5.82. The smallest absolute Gasteiger partial charge is 0.225 e. The van der Waals surface area contributed by atoms with Gasteiger partial charge in [0.25, 0.3) is 0 Å². The number of likely N-dealkylation sites (tertiary alicyclic amines) is 1. The van der Waals surface area contributed by atoms with Crippen LogP contribution in [-0.2, 0) is 4.79 Å². The van der Waals surface area contributed by atoms with E-state index in [9.17, 15) is 4.79 Å². The van der Waals surface area contributed by atoms with Gasteiger partial charge in [0.05, 0.1) is 0 Å². The van der Waals surface area contributed by atoms with Crippen LogP contribution in [0.3, 0.4) is 0 Å². The van der Waals surface area contributed by atoms with Crippen molar-refractivity contribution in [3.05, 3.63) is 0 Å². The fourth-order valence-electron chi connectivity index (χ4n) is 2.08. The van der Waals surface area contributed by atoms with E-state index in [0.717, 1.165) is 25.3 Å². The van der Waals surface area contributed by atoms with E-state index < -0.39 is 0 Å². The Bertz CT molecular complexity index is 198. The van der Waals surface area contributed by atoms with Gasteiger partial charge in [-0.05, 0) is 32.6 Å². The van der Waals surface area contributed by atoms with E-state index in [4.69, 9.17) is 0 Å². The Hall–Kier alpha value is -0.530. The summed E-state index contributed by atoms with van der Waals surface area (Å²) < 4.78 is 0. The third-order valence-electron chi connectivity index (χ3n) is 3.07. The molecule has 1 atom stereocenters. The van der Waals surface area contributed by atoms with Gasteiger partial charge < -0.3 is 4.90 Å². The lowest BCUT2D eigenvalue weighted by Crippen LogP contribution is -2.33. The Morgan fingerprint density at radius 2 is 2.00 bits per heavy atom. The van der Waals surface area contributed by atoms with Gasteiger partial charge in [-0.2, -0.15) is 0 Å². The second-order valence-corrected chi connectivity index (χ2v) is 5.08. The lowest BCUT2D eigenvalue weighted by Gasteiger charge is -2.21. The first-order valence-corrected chi connectivity index (χ1v) is 5.82. The summed E-state index contributed by atoms with van der Waals surface area (Å²) in [6, 6.07) is 0.381. The van der Waals surface area contributed by atoms with Gasteiger partial charge >= 0.3 is 0 Å². The monoisotopic (exact) mass is 197 g/mol. The van der Waals surface area contributed by atoms with Crippen LogP contribution in [0.5, 0.6) is 0 Å². The Labute approximate surface area is 87.7 Å². The average Bonchev–Trinajstić information content (AvgIpc) is 2.43. The van der Waals surface area contributed by atoms with Crippen LogP contribution in [0.1, 0.15) is 47.0 Å². The molecule has 1 aliphatic heterocycles. The topological polar surface area (TPSA) is 20.3 Å². The molecule has 0 unspecified atom stereocenters. The standard InChI is InChI=1S/C12H23NO/c1-9(2)5-6-11-7-8-13(10(3)4)12(11)14/h9-11H,5-8H2,1-4H3/t11-/m1/s1. The van der Waals surface area contributed by atoms with Gasteiger partial charge in [-0.3, -0.25) is 4.79 Å². The predicted octanol–water partition coefficient (Wildman–Crippen LogP) is 2.68. The van der Waals surface area contributed by atoms with Crippen LogP contribution in [0.15, 0.2) is 0 Å². The second kappa shape index (κ2) is 4.81. The molecule has 0 aromatic carbocycles. The maximum Gasteiger partial charge on any atom is 0.225 e. The van der Waals surface area contributed by atoms with Crippen LogP contribution in [-0.4, -0.2) is 23.4 Å². The number of amides is 1. The highest BCUT2D eigenvalue weighted by molar-refractivity contribution is 5.81. The highest BCUT2D eigenvalue weighted by atomic mass is 16.2. The van der Waals surface area contributed by atoms with E-state index in [1.54, 1.807) is 0 Å². The summed E-state index contributed by atoms with van der Waals surface area (Å²) in [5, 5.41) is 0. The summed E-state index contributed by atoms with van der Waals surface area (Å²) in [6.45, 7) is 9.62. The Balaban J connectivity index is 2.40. The van der Waals surface area contributed by atoms with Crippen LogP contribution >= 0.6 is 0 Å². The van der Waals surface area contributed by atoms with Gasteiger partial charge in [-0.25, -0.2) is 0 Å². The van der Waals surface area contributed by atoms with Crippen molar-refractivity contribution >= 4 is 5.91 Å². The van der Waals surface area contributed by atoms with Crippen molar-refractivity contribution in [1.29, 1.82) is 0 Å². The van der Waals surface area contributed by atoms with E-state index in [1.165, 1.54) is 6.42 Å². The zero-order chi connectivity index (χ0) is 10.7. The molecular weight excluding hydrogens is 174 g/mol. The van der Waals surface area contributed by atoms with Gasteiger partial charge in [0.15, 0.2) is 0 Å². The normalized spacial score (nSPS) is 22.9. The molecule has 0 radical (unpaired) electrons. The number of hydrogen-bond acceptors (Lipinski definition) is 1. The largest absolute Gasteiger partial charge is 0.340 e. The predicted molar refractivity (Wildman–Crippen MR) is 59.0 cm³/mol. The molecule has 0 N–H and O–H groups in total. The zero-order valence-electron chi connectivity index (χ0n) is 9.92. The van der Waals surface area contributed by atoms with Crippen molar-refractivity contribution in [3.8, 4) is 0 Å². The maximum absolute atomic E-state index is 11.9. The summed E-state index contributed by atoms with van der Waals surface area (Å²) in [7, 11) is 0. The molecule has 1 fully saturated rings. The first kappa shape index (κ1) is 11.5. The summed E-state index contributed by atoms with van der Waals surface area (Å²) in [5.74, 6) is 1.43. The SMILES string of the molecule is CC(C)CC[C@@H]1CCN(C(C)C)C1=O. The number of nitrogens with zero attached hydrogens (tertiary/aromatic N) is 1. The molecule has 1 amide bonds. The highest BCUT2D eigenvalue weighted by Gasteiger charge is 2.32. The molecule has 2 nitrogen and oxygen atoms in total. The summed E-state index contributed by atoms with van der Waals surface area (Å²) in [4.78, 5) is 13.9. The van der Waals surface area contributed by atoms with Gasteiger partial charge in [0.1, 0.15) is 0 Å². The molecule has 1 aliphatic rings. The third kappa shape index (κ3) is 2.73. The lowest BCUT2D eigenvalue weighted by molar-refractivity contribution is -0.132. The van der Waals surface area contributed by atoms with Gasteiger partial charge in [0.2, 0.25) is 5.91 Å². The molecule has 14 heavy (non-hydrogen) atoms. The van der Waals surface area contributed by atoms with Crippen molar-refractivity contribution in [2.75, 3.05) is 6.54 Å². The fourth-order valence-corrected chi connectivity index (χ4v) is 2.08. The van der Waals surface area contributed by atoms with Crippen LogP contribution in [0.25, 0.3) is 0 Å². The summed E-state index contributed by atoms with van der Waals surface area (Å²) in [6.07, 6.45) is 3.34. The molecule has 0 aromatic heterocycles. The van der Waals surface area contributed by atoms with Crippen molar-refractivity contribution in [3.63, 3.8) is 0 Å². The number of carbonyl (C=O) groups is 1. The van der Waals surface area contributed by atoms with Crippen LogP contribution < -0.4 is 0 Å². The third-order valence-corrected chi connectivity index (χ3v) is 3.07. The van der Waals surface area contributed by atoms with Crippen molar-refractivity contribution < 1.29 is 4.79 Å². The second-order valence-electron chi connectivity index (χ2n) is 5.08. The average molecular weight is 197 g/mol. The Kier molecular flexibility index (Phi) is 3.97. The molecule has 0 bridgehead atoms. The van der Waals surface area contributed by atoms with E-state index in [0.29, 0.717) is 17.9 Å². The van der Waals surface area contributed by atoms with Crippen LogP contribution in [0, 0.1) is 11.8 Å². The van der Waals surface area contributed by atoms with Gasteiger partial charge in [-0.15, -0.1) is 0 Å². The molecule has 0 aliphatic carbocycles. The van der Waals surface area contributed by atoms with E-state index in [2.05, 4.69) is 27.7 Å². The minimum absolute atomic E-state index is 0.319. The first-order chi connectivity index (χ1) is 6.52. The minimum Gasteiger partial charge on any atom is -0.340 e. The molecule has 82 valence electrons. The lowest BCUT2D eigenvalue weighted by atomic mass is 9.97. The molecule has 2 heteroatoms. The molecule has 1 heterocycles. The molecule has 0 aromatic rings. The molecule has 0 saturated carbocycles. The van der Waals surface area contributed by atoms with Crippen molar-refractivity contribution in [2.45, 2.75) is 53.0 Å². The number of hydrogen-bond donors (Lipinski definition) is 0. The van der Waals surface area contributed by atoms with Crippen LogP contribution in [0.4, 0.5) is 0 Å². The molecular formula is C12H23NO. The van der Waals surface area contributed by atoms with E-state index in [1.807, 2.05) is 4.90 Å². The summed E-state index contributed by atoms with van der Waals surface area (Å²) >= 11 is 0. The van der Waals surface area contributed by atoms with E-state index in [-0.39, 0.29) is 0 Å². The van der Waals surface area contributed by atoms with Crippen molar-refractivity contribution in [1.82, 2.24) is 4.90 Å². The molecule has 1 saturated heterocycles. The van der Waals surface area contributed by atoms with Gasteiger partial charge in [0, 0.05) is 18.5 Å². The van der Waals surface area contributed by atoms with Crippen LogP contribution in [0.2, 0.25) is 0 Å². The Morgan fingerprint density at radius 1 is 1.36 bits per heavy atom.